The molecular formula is C26H29F2N5O3. The lowest BCUT2D eigenvalue weighted by Gasteiger charge is -2.41. The SMILES string of the molecule is C[C@@H]1CCCN1c1ccc(CC(=O)NC2CN(c3cc(F)c(C4CCC(=O)NC4=O)c(F)c3)C2)cn1. The number of carbonyl (C=O) groups is 3. The largest absolute Gasteiger partial charge is 0.367 e. The second kappa shape index (κ2) is 9.83. The van der Waals surface area contributed by atoms with Gasteiger partial charge in [0.15, 0.2) is 0 Å². The fourth-order valence-electron chi connectivity index (χ4n) is 5.26. The lowest BCUT2D eigenvalue weighted by Crippen LogP contribution is -2.59. The molecule has 4 heterocycles. The molecule has 2 aromatic rings. The first-order valence-electron chi connectivity index (χ1n) is 12.4. The number of amides is 3. The molecule has 3 fully saturated rings. The van der Waals surface area contributed by atoms with Crippen molar-refractivity contribution in [3.63, 3.8) is 0 Å². The average Bonchev–Trinajstić information content (AvgIpc) is 3.23. The van der Waals surface area contributed by atoms with E-state index in [-0.39, 0.29) is 36.8 Å². The third kappa shape index (κ3) is 4.89. The number of aromatic nitrogens is 1. The molecule has 190 valence electrons. The highest BCUT2D eigenvalue weighted by molar-refractivity contribution is 6.01. The molecule has 10 heteroatoms. The summed E-state index contributed by atoms with van der Waals surface area (Å²) in [5.41, 5.74) is 0.864. The molecule has 8 nitrogen and oxygen atoms in total. The zero-order valence-corrected chi connectivity index (χ0v) is 20.1. The molecule has 3 aliphatic rings. The van der Waals surface area contributed by atoms with Crippen LogP contribution < -0.4 is 20.4 Å². The van der Waals surface area contributed by atoms with Gasteiger partial charge in [-0.2, -0.15) is 0 Å². The fourth-order valence-corrected chi connectivity index (χ4v) is 5.26. The smallest absolute Gasteiger partial charge is 0.234 e. The number of nitrogens with one attached hydrogen (secondary N) is 2. The molecule has 0 aliphatic carbocycles. The van der Waals surface area contributed by atoms with Crippen LogP contribution in [0, 0.1) is 11.6 Å². The summed E-state index contributed by atoms with van der Waals surface area (Å²) in [6.07, 6.45) is 4.39. The highest BCUT2D eigenvalue weighted by atomic mass is 19.1. The van der Waals surface area contributed by atoms with Crippen LogP contribution >= 0.6 is 0 Å². The summed E-state index contributed by atoms with van der Waals surface area (Å²) in [5, 5.41) is 5.08. The van der Waals surface area contributed by atoms with Crippen LogP contribution in [0.25, 0.3) is 0 Å². The number of benzene rings is 1. The second-order valence-electron chi connectivity index (χ2n) is 9.88. The molecule has 1 unspecified atom stereocenters. The molecule has 3 aliphatic heterocycles. The number of halogens is 2. The van der Waals surface area contributed by atoms with E-state index in [0.717, 1.165) is 30.8 Å². The highest BCUT2D eigenvalue weighted by Gasteiger charge is 2.34. The van der Waals surface area contributed by atoms with Gasteiger partial charge in [0.2, 0.25) is 17.7 Å². The minimum atomic E-state index is -1.03. The maximum Gasteiger partial charge on any atom is 0.234 e. The van der Waals surface area contributed by atoms with E-state index in [9.17, 15) is 23.2 Å². The first-order valence-corrected chi connectivity index (χ1v) is 12.4. The fraction of sp³-hybridized carbons (Fsp3) is 0.462. The average molecular weight is 498 g/mol. The van der Waals surface area contributed by atoms with Gasteiger partial charge in [-0.1, -0.05) is 6.07 Å². The van der Waals surface area contributed by atoms with Gasteiger partial charge in [0.25, 0.3) is 0 Å². The molecule has 5 rings (SSSR count). The molecule has 0 bridgehead atoms. The van der Waals surface area contributed by atoms with Crippen LogP contribution in [-0.2, 0) is 20.8 Å². The van der Waals surface area contributed by atoms with E-state index >= 15 is 0 Å². The van der Waals surface area contributed by atoms with E-state index in [0.29, 0.717) is 24.8 Å². The zero-order valence-electron chi connectivity index (χ0n) is 20.1. The van der Waals surface area contributed by atoms with E-state index in [1.54, 1.807) is 11.1 Å². The predicted molar refractivity (Wildman–Crippen MR) is 130 cm³/mol. The topological polar surface area (TPSA) is 94.6 Å². The van der Waals surface area contributed by atoms with Crippen molar-refractivity contribution in [1.82, 2.24) is 15.6 Å². The van der Waals surface area contributed by atoms with Crippen molar-refractivity contribution in [1.29, 1.82) is 0 Å². The maximum absolute atomic E-state index is 14.8. The number of rotatable bonds is 6. The van der Waals surface area contributed by atoms with Gasteiger partial charge in [-0.15, -0.1) is 0 Å². The molecule has 1 aromatic heterocycles. The van der Waals surface area contributed by atoms with Gasteiger partial charge in [0.05, 0.1) is 18.4 Å². The zero-order chi connectivity index (χ0) is 25.4. The summed E-state index contributed by atoms with van der Waals surface area (Å²) < 4.78 is 29.5. The Hall–Kier alpha value is -3.56. The van der Waals surface area contributed by atoms with Crippen molar-refractivity contribution in [2.45, 2.75) is 57.0 Å². The summed E-state index contributed by atoms with van der Waals surface area (Å²) in [6.45, 7) is 4.03. The Balaban J connectivity index is 1.13. The van der Waals surface area contributed by atoms with Gasteiger partial charge in [-0.25, -0.2) is 13.8 Å². The first-order chi connectivity index (χ1) is 17.3. The van der Waals surface area contributed by atoms with Crippen molar-refractivity contribution >= 4 is 29.2 Å². The molecule has 0 radical (unpaired) electrons. The van der Waals surface area contributed by atoms with Crippen LogP contribution in [-0.4, -0.2) is 54.4 Å². The van der Waals surface area contributed by atoms with Crippen LogP contribution in [0.2, 0.25) is 0 Å². The van der Waals surface area contributed by atoms with Gasteiger partial charge in [-0.3, -0.25) is 19.7 Å². The van der Waals surface area contributed by atoms with Crippen LogP contribution in [0.4, 0.5) is 20.3 Å². The van der Waals surface area contributed by atoms with Crippen molar-refractivity contribution in [3.05, 3.63) is 53.2 Å². The quantitative estimate of drug-likeness (QED) is 0.596. The molecular weight excluding hydrogens is 468 g/mol. The van der Waals surface area contributed by atoms with Gasteiger partial charge in [0, 0.05) is 49.5 Å². The standard InChI is InChI=1S/C26H29F2N5O3/c1-15-3-2-8-33(15)22-6-4-16(12-29-22)9-24(35)30-17-13-32(14-17)18-10-20(27)25(21(28)11-18)19-5-7-23(34)31-26(19)36/h4,6,10-12,15,17,19H,2-3,5,7-9,13-14H2,1H3,(H,30,35)(H,31,34,36)/t15-,19?/m1/s1. The number of carbonyl (C=O) groups excluding carboxylic acids is 3. The van der Waals surface area contributed by atoms with Crippen LogP contribution in [0.1, 0.15) is 49.7 Å². The molecule has 3 saturated heterocycles. The molecule has 2 N–H and O–H groups in total. The van der Waals surface area contributed by atoms with E-state index < -0.39 is 29.4 Å². The Morgan fingerprint density at radius 3 is 2.53 bits per heavy atom. The number of nitrogens with zero attached hydrogens (tertiary/aromatic N) is 3. The Morgan fingerprint density at radius 2 is 1.92 bits per heavy atom. The molecule has 0 spiro atoms. The van der Waals surface area contributed by atoms with Crippen molar-refractivity contribution < 1.29 is 23.2 Å². The lowest BCUT2D eigenvalue weighted by molar-refractivity contribution is -0.134. The summed E-state index contributed by atoms with van der Waals surface area (Å²) in [6, 6.07) is 6.63. The third-order valence-electron chi connectivity index (χ3n) is 7.28. The number of pyridine rings is 1. The van der Waals surface area contributed by atoms with E-state index in [4.69, 9.17) is 0 Å². The van der Waals surface area contributed by atoms with Gasteiger partial charge in [-0.05, 0) is 49.9 Å². The molecule has 2 atom stereocenters. The number of hydrogen-bond donors (Lipinski definition) is 2. The molecule has 0 saturated carbocycles. The summed E-state index contributed by atoms with van der Waals surface area (Å²) in [4.78, 5) is 44.4. The lowest BCUT2D eigenvalue weighted by atomic mass is 9.89. The summed E-state index contributed by atoms with van der Waals surface area (Å²) >= 11 is 0. The van der Waals surface area contributed by atoms with Gasteiger partial charge in [0.1, 0.15) is 17.5 Å². The molecule has 1 aromatic carbocycles. The monoisotopic (exact) mass is 497 g/mol. The molecule has 3 amide bonds. The Morgan fingerprint density at radius 1 is 1.17 bits per heavy atom. The number of imide groups is 1. The minimum Gasteiger partial charge on any atom is -0.367 e. The normalized spacial score (nSPS) is 22.4. The van der Waals surface area contributed by atoms with Gasteiger partial charge >= 0.3 is 0 Å². The summed E-state index contributed by atoms with van der Waals surface area (Å²) in [7, 11) is 0. The number of anilines is 2. The van der Waals surface area contributed by atoms with E-state index in [1.165, 1.54) is 12.1 Å². The van der Waals surface area contributed by atoms with Crippen molar-refractivity contribution in [2.75, 3.05) is 29.4 Å². The van der Waals surface area contributed by atoms with Gasteiger partial charge < -0.3 is 15.1 Å². The van der Waals surface area contributed by atoms with Crippen molar-refractivity contribution in [2.24, 2.45) is 0 Å². The molecule has 36 heavy (non-hydrogen) atoms. The number of piperidine rings is 1. The number of hydrogen-bond acceptors (Lipinski definition) is 6. The minimum absolute atomic E-state index is 0.0440. The summed E-state index contributed by atoms with van der Waals surface area (Å²) in [5.74, 6) is -2.97. The second-order valence-corrected chi connectivity index (χ2v) is 9.88. The van der Waals surface area contributed by atoms with Crippen molar-refractivity contribution in [3.8, 4) is 0 Å². The Kier molecular flexibility index (Phi) is 6.59. The first kappa shape index (κ1) is 24.1. The highest BCUT2D eigenvalue weighted by Crippen LogP contribution is 2.33. The van der Waals surface area contributed by atoms with Crippen LogP contribution in [0.3, 0.4) is 0 Å². The Labute approximate surface area is 208 Å². The third-order valence-corrected chi connectivity index (χ3v) is 7.28. The maximum atomic E-state index is 14.8. The Bertz CT molecular complexity index is 1160. The van der Waals surface area contributed by atoms with E-state index in [2.05, 4.69) is 27.4 Å². The van der Waals surface area contributed by atoms with Crippen LogP contribution in [0.5, 0.6) is 0 Å². The van der Waals surface area contributed by atoms with E-state index in [1.807, 2.05) is 12.1 Å². The predicted octanol–water partition coefficient (Wildman–Crippen LogP) is 2.42. The van der Waals surface area contributed by atoms with Crippen LogP contribution in [0.15, 0.2) is 30.5 Å².